The van der Waals surface area contributed by atoms with E-state index in [1.807, 2.05) is 45.9 Å². The average Bonchev–Trinajstić information content (AvgIpc) is 3.76. The Kier molecular flexibility index (Phi) is 7.54. The number of carbonyl (C=O) groups excluding carboxylic acids is 3. The molecule has 0 amide bonds. The third-order valence-electron chi connectivity index (χ3n) is 10.1. The molecule has 2 aromatic rings. The minimum Gasteiger partial charge on any atom is -0.481 e. The smallest absolute Gasteiger partial charge is 0.320 e. The van der Waals surface area contributed by atoms with Gasteiger partial charge in [-0.3, -0.25) is 19.2 Å². The number of ether oxygens (including phenoxy) is 1. The minimum absolute atomic E-state index is 0.0534. The first-order valence-electron chi connectivity index (χ1n) is 15.3. The number of fused-ring (bicyclic) bond motifs is 8. The normalized spacial score (nSPS) is 27.5. The summed E-state index contributed by atoms with van der Waals surface area (Å²) in [6.45, 7) is 11.9. The summed E-state index contributed by atoms with van der Waals surface area (Å²) in [5, 5.41) is 18.1. The molecule has 3 aliphatic heterocycles. The fourth-order valence-corrected chi connectivity index (χ4v) is 7.71. The number of hydrogen-bond donors (Lipinski definition) is 5. The summed E-state index contributed by atoms with van der Waals surface area (Å²) >= 11 is 0. The van der Waals surface area contributed by atoms with Crippen molar-refractivity contribution in [1.29, 1.82) is 0 Å². The van der Waals surface area contributed by atoms with E-state index in [0.29, 0.717) is 40.7 Å². The third kappa shape index (κ3) is 4.62. The van der Waals surface area contributed by atoms with Crippen molar-refractivity contribution in [2.45, 2.75) is 53.0 Å². The Bertz CT molecular complexity index is 1900. The molecule has 0 saturated carbocycles. The van der Waals surface area contributed by atoms with Crippen LogP contribution in [0.4, 0.5) is 0 Å². The number of Topliss-reactive ketones (excluding diaryl/α,β-unsaturated/α-hetero) is 1. The maximum atomic E-state index is 14.1. The van der Waals surface area contributed by atoms with Gasteiger partial charge in [-0.25, -0.2) is 0 Å². The molecule has 4 aliphatic rings. The standard InChI is InChI=1S/C35H38N4O6/c1-7-18-15(3)22-11-23-16(4)20(9-10-28(41)42)32(38-23)30-31(35(44)45-6)34(43)29-17(5)24(39-33(29)30)12-26-19(8-2)21(14-40)27(37-26)13-25(18)36-22/h7,11-14,16,20,29,31-32,36-39H,1,8-10H2,2-6H3,(H,41,42)/b23-11-,26-12+,27-13+/t16-,20-,29-,31+,32?/m0/s1. The number of esters is 1. The number of aromatic amines is 2. The van der Waals surface area contributed by atoms with E-state index >= 15 is 0 Å². The van der Waals surface area contributed by atoms with Gasteiger partial charge >= 0.3 is 11.9 Å². The monoisotopic (exact) mass is 610 g/mol. The lowest BCUT2D eigenvalue weighted by Crippen LogP contribution is -2.37. The molecule has 2 aromatic heterocycles. The molecule has 5 heterocycles. The molecule has 5 atom stereocenters. The zero-order valence-electron chi connectivity index (χ0n) is 26.1. The third-order valence-corrected chi connectivity index (χ3v) is 10.1. The van der Waals surface area contributed by atoms with E-state index in [4.69, 9.17) is 4.74 Å². The summed E-state index contributed by atoms with van der Waals surface area (Å²) in [4.78, 5) is 58.4. The number of methoxy groups -OCH3 is 1. The van der Waals surface area contributed by atoms with Crippen molar-refractivity contribution in [1.82, 2.24) is 20.6 Å². The molecule has 45 heavy (non-hydrogen) atoms. The highest BCUT2D eigenvalue weighted by Crippen LogP contribution is 2.48. The number of carboxylic acids is 1. The molecule has 0 radical (unpaired) electrons. The average molecular weight is 611 g/mol. The van der Waals surface area contributed by atoms with Gasteiger partial charge in [0.15, 0.2) is 12.1 Å². The second kappa shape index (κ2) is 11.3. The Labute approximate surface area is 260 Å². The first kappa shape index (κ1) is 30.2. The molecule has 1 saturated heterocycles. The van der Waals surface area contributed by atoms with Crippen molar-refractivity contribution in [3.63, 3.8) is 0 Å². The van der Waals surface area contributed by atoms with Crippen LogP contribution in [-0.2, 0) is 25.5 Å². The molecule has 6 rings (SSSR count). The maximum Gasteiger partial charge on any atom is 0.320 e. The van der Waals surface area contributed by atoms with E-state index < -0.39 is 29.8 Å². The van der Waals surface area contributed by atoms with Gasteiger partial charge in [-0.1, -0.05) is 26.5 Å². The summed E-state index contributed by atoms with van der Waals surface area (Å²) in [6, 6.07) is -0.489. The van der Waals surface area contributed by atoms with Gasteiger partial charge in [-0.2, -0.15) is 0 Å². The van der Waals surface area contributed by atoms with Crippen molar-refractivity contribution in [2.24, 2.45) is 23.7 Å². The van der Waals surface area contributed by atoms with Crippen LogP contribution in [0.25, 0.3) is 24.3 Å². The van der Waals surface area contributed by atoms with Gasteiger partial charge in [0.05, 0.1) is 24.4 Å². The molecule has 0 spiro atoms. The van der Waals surface area contributed by atoms with Crippen LogP contribution >= 0.6 is 0 Å². The molecular weight excluding hydrogens is 572 g/mol. The predicted octanol–water partition coefficient (Wildman–Crippen LogP) is 2.84. The Morgan fingerprint density at radius 2 is 1.84 bits per heavy atom. The zero-order valence-corrected chi connectivity index (χ0v) is 26.1. The van der Waals surface area contributed by atoms with Crippen molar-refractivity contribution in [3.8, 4) is 0 Å². The molecule has 8 bridgehead atoms. The van der Waals surface area contributed by atoms with Crippen LogP contribution in [0.5, 0.6) is 0 Å². The van der Waals surface area contributed by atoms with Crippen molar-refractivity contribution >= 4 is 48.3 Å². The summed E-state index contributed by atoms with van der Waals surface area (Å²) in [5.41, 5.74) is 8.45. The van der Waals surface area contributed by atoms with Crippen LogP contribution in [0, 0.1) is 30.6 Å². The van der Waals surface area contributed by atoms with Crippen LogP contribution in [-0.4, -0.2) is 52.2 Å². The fourth-order valence-electron chi connectivity index (χ4n) is 7.71. The number of aliphatic carboxylic acids is 1. The Balaban J connectivity index is 1.68. The number of H-pyrrole nitrogens is 2. The van der Waals surface area contributed by atoms with Gasteiger partial charge in [-0.05, 0) is 73.1 Å². The molecule has 0 aromatic carbocycles. The predicted molar refractivity (Wildman–Crippen MR) is 170 cm³/mol. The van der Waals surface area contributed by atoms with E-state index in [9.17, 15) is 24.3 Å². The summed E-state index contributed by atoms with van der Waals surface area (Å²) in [6.07, 6.45) is 9.40. The minimum atomic E-state index is -1.12. The Morgan fingerprint density at radius 1 is 1.09 bits per heavy atom. The van der Waals surface area contributed by atoms with Gasteiger partial charge in [0.2, 0.25) is 0 Å². The SMILES string of the molecule is C=Cc1c2[nH]c(c1C)/C=C1\NC(C3=C4NC(=C(C)[C@@H]4C(=O)[C@@H]3C(=O)OC)/C=c3/[nH]/c(c(C=O)c3CC)=C/2)[C@@H](CCC(=O)O)[C@@H]1C. The molecule has 234 valence electrons. The topological polar surface area (TPSA) is 153 Å². The number of aromatic nitrogens is 2. The highest BCUT2D eigenvalue weighted by molar-refractivity contribution is 6.09. The molecule has 1 aliphatic carbocycles. The summed E-state index contributed by atoms with van der Waals surface area (Å²) in [7, 11) is 1.28. The summed E-state index contributed by atoms with van der Waals surface area (Å²) < 4.78 is 5.16. The van der Waals surface area contributed by atoms with Crippen LogP contribution in [0.3, 0.4) is 0 Å². The number of hydrogen-bond acceptors (Lipinski definition) is 7. The molecule has 10 heteroatoms. The van der Waals surface area contributed by atoms with Crippen LogP contribution in [0.1, 0.15) is 72.0 Å². The van der Waals surface area contributed by atoms with Crippen molar-refractivity contribution in [3.05, 3.63) is 79.2 Å². The lowest BCUT2D eigenvalue weighted by atomic mass is 9.80. The molecule has 1 unspecified atom stereocenters. The first-order chi connectivity index (χ1) is 21.5. The van der Waals surface area contributed by atoms with Gasteiger partial charge in [-0.15, -0.1) is 0 Å². The van der Waals surface area contributed by atoms with Gasteiger partial charge in [0.25, 0.3) is 0 Å². The van der Waals surface area contributed by atoms with Crippen LogP contribution in [0.2, 0.25) is 0 Å². The fraction of sp³-hybridized carbons (Fsp3) is 0.371. The number of carboxylic acid groups (broad SMARTS) is 1. The lowest BCUT2D eigenvalue weighted by Gasteiger charge is -2.26. The van der Waals surface area contributed by atoms with Crippen molar-refractivity contribution in [2.75, 3.05) is 7.11 Å². The maximum absolute atomic E-state index is 14.1. The molecule has 5 N–H and O–H groups in total. The number of carbonyl (C=O) groups is 4. The van der Waals surface area contributed by atoms with Crippen molar-refractivity contribution < 1.29 is 29.0 Å². The first-order valence-corrected chi connectivity index (χ1v) is 15.3. The zero-order chi connectivity index (χ0) is 32.3. The summed E-state index contributed by atoms with van der Waals surface area (Å²) in [5.74, 6) is -3.94. The number of nitrogens with one attached hydrogen (secondary N) is 4. The number of rotatable bonds is 7. The van der Waals surface area contributed by atoms with E-state index in [1.54, 1.807) is 6.08 Å². The van der Waals surface area contributed by atoms with E-state index in [-0.39, 0.29) is 24.0 Å². The highest BCUT2D eigenvalue weighted by atomic mass is 16.5. The largest absolute Gasteiger partial charge is 0.481 e. The van der Waals surface area contributed by atoms with E-state index in [0.717, 1.165) is 51.0 Å². The quantitative estimate of drug-likeness (QED) is 0.182. The lowest BCUT2D eigenvalue weighted by molar-refractivity contribution is -0.148. The van der Waals surface area contributed by atoms with E-state index in [2.05, 4.69) is 27.2 Å². The molecule has 1 fully saturated rings. The molecule has 10 nitrogen and oxygen atoms in total. The number of ketones is 1. The van der Waals surface area contributed by atoms with Crippen LogP contribution in [0.15, 0.2) is 34.8 Å². The second-order valence-corrected chi connectivity index (χ2v) is 12.3. The van der Waals surface area contributed by atoms with Crippen LogP contribution < -0.4 is 21.3 Å². The Hall–Kier alpha value is -4.86. The second-order valence-electron chi connectivity index (χ2n) is 12.3. The number of allylic oxidation sites excluding steroid dienone is 3. The number of aldehydes is 1. The van der Waals surface area contributed by atoms with Gasteiger partial charge < -0.3 is 30.4 Å². The van der Waals surface area contributed by atoms with E-state index in [1.165, 1.54) is 7.11 Å². The Morgan fingerprint density at radius 3 is 2.49 bits per heavy atom. The van der Waals surface area contributed by atoms with Gasteiger partial charge in [0, 0.05) is 57.3 Å². The highest BCUT2D eigenvalue weighted by Gasteiger charge is 2.54. The molecular formula is C35H38N4O6. The van der Waals surface area contributed by atoms with Gasteiger partial charge in [0.1, 0.15) is 5.92 Å².